The van der Waals surface area contributed by atoms with Crippen LogP contribution in [0, 0.1) is 11.8 Å². The maximum absolute atomic E-state index is 12.2. The lowest BCUT2D eigenvalue weighted by molar-refractivity contribution is -0.121. The van der Waals surface area contributed by atoms with Crippen LogP contribution in [0.4, 0.5) is 5.95 Å². The van der Waals surface area contributed by atoms with Gasteiger partial charge in [0.25, 0.3) is 0 Å². The number of unbranched alkanes of at least 4 members (excludes halogenated alkanes) is 1. The van der Waals surface area contributed by atoms with Crippen molar-refractivity contribution in [2.24, 2.45) is 11.8 Å². The third-order valence-corrected chi connectivity index (χ3v) is 4.16. The summed E-state index contributed by atoms with van der Waals surface area (Å²) in [6.07, 6.45) is 8.16. The lowest BCUT2D eigenvalue weighted by Gasteiger charge is -2.27. The van der Waals surface area contributed by atoms with Gasteiger partial charge < -0.3 is 4.74 Å². The summed E-state index contributed by atoms with van der Waals surface area (Å²) in [5.74, 6) is 1.33. The second-order valence-corrected chi connectivity index (χ2v) is 5.75. The molecule has 0 spiro atoms. The fourth-order valence-corrected chi connectivity index (χ4v) is 2.92. The molecule has 0 saturated heterocycles. The molecule has 118 valence electrons. The first-order chi connectivity index (χ1) is 10.2. The highest BCUT2D eigenvalue weighted by Gasteiger charge is 2.26. The molecule has 0 aromatic carbocycles. The molecule has 2 rings (SSSR count). The van der Waals surface area contributed by atoms with E-state index in [1.807, 2.05) is 6.92 Å². The van der Waals surface area contributed by atoms with Crippen LogP contribution in [0.3, 0.4) is 0 Å². The minimum Gasteiger partial charge on any atom is -0.463 e. The molecule has 0 bridgehead atoms. The number of aromatic amines is 1. The van der Waals surface area contributed by atoms with E-state index in [1.165, 1.54) is 32.1 Å². The van der Waals surface area contributed by atoms with Crippen LogP contribution >= 0.6 is 0 Å². The van der Waals surface area contributed by atoms with Crippen LogP contribution in [0.25, 0.3) is 0 Å². The first kappa shape index (κ1) is 15.8. The zero-order valence-electron chi connectivity index (χ0n) is 13.0. The van der Waals surface area contributed by atoms with Gasteiger partial charge in [0.2, 0.25) is 11.9 Å². The molecule has 1 aliphatic rings. The van der Waals surface area contributed by atoms with Crippen molar-refractivity contribution in [3.05, 3.63) is 0 Å². The molecule has 0 aliphatic heterocycles. The van der Waals surface area contributed by atoms with Gasteiger partial charge in [0, 0.05) is 5.92 Å². The van der Waals surface area contributed by atoms with Crippen LogP contribution in [-0.4, -0.2) is 27.7 Å². The molecule has 0 atom stereocenters. The number of aromatic nitrogens is 3. The Morgan fingerprint density at radius 1 is 1.33 bits per heavy atom. The number of nitrogens with one attached hydrogen (secondary N) is 2. The SMILES string of the molecule is CCCCC1CCC(C(=O)Nc2nc(OCC)n[nH]2)CC1. The van der Waals surface area contributed by atoms with Crippen molar-refractivity contribution in [1.29, 1.82) is 0 Å². The smallest absolute Gasteiger partial charge is 0.337 e. The summed E-state index contributed by atoms with van der Waals surface area (Å²) in [4.78, 5) is 16.3. The van der Waals surface area contributed by atoms with E-state index in [0.29, 0.717) is 12.6 Å². The number of carbonyl (C=O) groups excluding carboxylic acids is 1. The molecule has 21 heavy (non-hydrogen) atoms. The number of amides is 1. The summed E-state index contributed by atoms with van der Waals surface area (Å²) in [5, 5.41) is 9.36. The van der Waals surface area contributed by atoms with Crippen LogP contribution in [0.15, 0.2) is 0 Å². The van der Waals surface area contributed by atoms with Crippen LogP contribution in [0.5, 0.6) is 6.01 Å². The van der Waals surface area contributed by atoms with Crippen LogP contribution < -0.4 is 10.1 Å². The molecular formula is C15H26N4O2. The maximum Gasteiger partial charge on any atom is 0.337 e. The fourth-order valence-electron chi connectivity index (χ4n) is 2.92. The van der Waals surface area contributed by atoms with E-state index in [9.17, 15) is 4.79 Å². The van der Waals surface area contributed by atoms with Gasteiger partial charge in [0.1, 0.15) is 0 Å². The first-order valence-electron chi connectivity index (χ1n) is 8.09. The average Bonchev–Trinajstić information content (AvgIpc) is 2.93. The van der Waals surface area contributed by atoms with Gasteiger partial charge in [0.05, 0.1) is 6.61 Å². The van der Waals surface area contributed by atoms with Gasteiger partial charge in [-0.3, -0.25) is 10.1 Å². The first-order valence-corrected chi connectivity index (χ1v) is 8.09. The molecular weight excluding hydrogens is 268 g/mol. The van der Waals surface area contributed by atoms with Gasteiger partial charge >= 0.3 is 6.01 Å². The van der Waals surface area contributed by atoms with Crippen molar-refractivity contribution in [3.63, 3.8) is 0 Å². The molecule has 1 aliphatic carbocycles. The molecule has 1 heterocycles. The van der Waals surface area contributed by atoms with Crippen molar-refractivity contribution in [2.45, 2.75) is 58.8 Å². The van der Waals surface area contributed by atoms with Crippen molar-refractivity contribution in [1.82, 2.24) is 15.2 Å². The Labute approximate surface area is 126 Å². The molecule has 6 heteroatoms. The maximum atomic E-state index is 12.2. The standard InChI is InChI=1S/C15H26N4O2/c1-3-5-6-11-7-9-12(10-8-11)13(20)16-14-17-15(19-18-14)21-4-2/h11-12H,3-10H2,1-2H3,(H2,16,17,18,19,20). The number of hydrogen-bond donors (Lipinski definition) is 2. The number of H-pyrrole nitrogens is 1. The Morgan fingerprint density at radius 3 is 2.76 bits per heavy atom. The summed E-state index contributed by atoms with van der Waals surface area (Å²) in [5.41, 5.74) is 0. The predicted octanol–water partition coefficient (Wildman–Crippen LogP) is 3.14. The number of ether oxygens (including phenoxy) is 1. The monoisotopic (exact) mass is 294 g/mol. The second-order valence-electron chi connectivity index (χ2n) is 5.75. The van der Waals surface area contributed by atoms with Gasteiger partial charge in [0.15, 0.2) is 0 Å². The summed E-state index contributed by atoms with van der Waals surface area (Å²) in [6.45, 7) is 4.60. The molecule has 1 saturated carbocycles. The Morgan fingerprint density at radius 2 is 2.10 bits per heavy atom. The summed E-state index contributed by atoms with van der Waals surface area (Å²) in [6, 6.07) is 0.274. The van der Waals surface area contributed by atoms with Gasteiger partial charge in [-0.1, -0.05) is 26.2 Å². The third kappa shape index (κ3) is 4.72. The molecule has 1 aromatic heterocycles. The highest BCUT2D eigenvalue weighted by Crippen LogP contribution is 2.32. The lowest BCUT2D eigenvalue weighted by Crippen LogP contribution is -2.27. The molecule has 1 fully saturated rings. The topological polar surface area (TPSA) is 79.9 Å². The minimum absolute atomic E-state index is 0.0446. The molecule has 2 N–H and O–H groups in total. The van der Waals surface area contributed by atoms with E-state index in [2.05, 4.69) is 27.4 Å². The van der Waals surface area contributed by atoms with Crippen LogP contribution in [0.2, 0.25) is 0 Å². The quantitative estimate of drug-likeness (QED) is 0.809. The molecule has 1 amide bonds. The molecule has 1 aromatic rings. The number of carbonyl (C=O) groups is 1. The van der Waals surface area contributed by atoms with E-state index < -0.39 is 0 Å². The van der Waals surface area contributed by atoms with E-state index in [-0.39, 0.29) is 17.8 Å². The van der Waals surface area contributed by atoms with Gasteiger partial charge in [-0.15, -0.1) is 5.10 Å². The number of anilines is 1. The summed E-state index contributed by atoms with van der Waals surface area (Å²) < 4.78 is 5.16. The number of rotatable bonds is 7. The fraction of sp³-hybridized carbons (Fsp3) is 0.800. The van der Waals surface area contributed by atoms with Crippen molar-refractivity contribution >= 4 is 11.9 Å². The Balaban J connectivity index is 1.76. The van der Waals surface area contributed by atoms with Gasteiger partial charge in [-0.05, 0) is 38.5 Å². The zero-order valence-corrected chi connectivity index (χ0v) is 13.0. The normalized spacial score (nSPS) is 22.0. The minimum atomic E-state index is 0.0446. The van der Waals surface area contributed by atoms with E-state index in [0.717, 1.165) is 18.8 Å². The van der Waals surface area contributed by atoms with Gasteiger partial charge in [-0.2, -0.15) is 4.98 Å². The van der Waals surface area contributed by atoms with Gasteiger partial charge in [-0.25, -0.2) is 5.10 Å². The van der Waals surface area contributed by atoms with E-state index in [4.69, 9.17) is 4.74 Å². The van der Waals surface area contributed by atoms with Crippen LogP contribution in [0.1, 0.15) is 58.8 Å². The van der Waals surface area contributed by atoms with E-state index >= 15 is 0 Å². The van der Waals surface area contributed by atoms with E-state index in [1.54, 1.807) is 0 Å². The lowest BCUT2D eigenvalue weighted by atomic mass is 9.79. The number of hydrogen-bond acceptors (Lipinski definition) is 4. The zero-order chi connectivity index (χ0) is 15.1. The van der Waals surface area contributed by atoms with Crippen molar-refractivity contribution < 1.29 is 9.53 Å². The molecule has 0 radical (unpaired) electrons. The summed E-state index contributed by atoms with van der Waals surface area (Å²) >= 11 is 0. The molecule has 0 unspecified atom stereocenters. The predicted molar refractivity (Wildman–Crippen MR) is 81.2 cm³/mol. The molecule has 6 nitrogen and oxygen atoms in total. The Hall–Kier alpha value is -1.59. The van der Waals surface area contributed by atoms with Crippen molar-refractivity contribution in [3.8, 4) is 6.01 Å². The highest BCUT2D eigenvalue weighted by atomic mass is 16.5. The summed E-state index contributed by atoms with van der Waals surface area (Å²) in [7, 11) is 0. The van der Waals surface area contributed by atoms with Crippen LogP contribution in [-0.2, 0) is 4.79 Å². The van der Waals surface area contributed by atoms with Crippen molar-refractivity contribution in [2.75, 3.05) is 11.9 Å². The Bertz CT molecular complexity index is 439. The second kappa shape index (κ2) is 8.00. The largest absolute Gasteiger partial charge is 0.463 e. The Kier molecular flexibility index (Phi) is 6.02. The third-order valence-electron chi connectivity index (χ3n) is 4.16. The number of nitrogens with zero attached hydrogens (tertiary/aromatic N) is 2. The highest BCUT2D eigenvalue weighted by molar-refractivity contribution is 5.90. The average molecular weight is 294 g/mol.